The lowest BCUT2D eigenvalue weighted by Crippen LogP contribution is -2.18. The molecular formula is C9H7F5OS. The first kappa shape index (κ1) is 13.1. The Morgan fingerprint density at radius 3 is 2.31 bits per heavy atom. The Morgan fingerprint density at radius 2 is 1.88 bits per heavy atom. The summed E-state index contributed by atoms with van der Waals surface area (Å²) in [6, 6.07) is 3.42. The zero-order valence-corrected chi connectivity index (χ0v) is 8.83. The standard InChI is InChI=1S/C9H7F5OS/c1-16-6-4-2-3-5(7(6)8(10)11)15-9(12,13)14/h2-4,8H,1H3. The van der Waals surface area contributed by atoms with Gasteiger partial charge in [0.05, 0.1) is 5.56 Å². The molecule has 0 spiro atoms. The molecule has 0 aliphatic heterocycles. The molecule has 0 aromatic heterocycles. The van der Waals surface area contributed by atoms with E-state index in [-0.39, 0.29) is 4.90 Å². The summed E-state index contributed by atoms with van der Waals surface area (Å²) in [5.41, 5.74) is -0.729. The molecule has 0 atom stereocenters. The Bertz CT molecular complexity index is 363. The van der Waals surface area contributed by atoms with Crippen LogP contribution in [-0.2, 0) is 0 Å². The second-order valence-electron chi connectivity index (χ2n) is 2.72. The summed E-state index contributed by atoms with van der Waals surface area (Å²) in [5.74, 6) is -0.852. The molecule has 1 aromatic rings. The van der Waals surface area contributed by atoms with Crippen molar-refractivity contribution in [1.82, 2.24) is 0 Å². The van der Waals surface area contributed by atoms with E-state index in [1.807, 2.05) is 0 Å². The predicted octanol–water partition coefficient (Wildman–Crippen LogP) is 4.24. The number of hydrogen-bond acceptors (Lipinski definition) is 2. The van der Waals surface area contributed by atoms with E-state index >= 15 is 0 Å². The van der Waals surface area contributed by atoms with Crippen LogP contribution in [0.3, 0.4) is 0 Å². The van der Waals surface area contributed by atoms with Gasteiger partial charge in [0.25, 0.3) is 6.43 Å². The second kappa shape index (κ2) is 4.90. The van der Waals surface area contributed by atoms with E-state index in [4.69, 9.17) is 0 Å². The fourth-order valence-electron chi connectivity index (χ4n) is 1.13. The highest BCUT2D eigenvalue weighted by Crippen LogP contribution is 2.38. The van der Waals surface area contributed by atoms with Crippen LogP contribution in [0, 0.1) is 0 Å². The highest BCUT2D eigenvalue weighted by molar-refractivity contribution is 7.98. The minimum atomic E-state index is -4.97. The van der Waals surface area contributed by atoms with Gasteiger partial charge in [-0.05, 0) is 18.4 Å². The summed E-state index contributed by atoms with van der Waals surface area (Å²) in [5, 5.41) is 0. The molecule has 0 N–H and O–H groups in total. The first-order valence-electron chi connectivity index (χ1n) is 4.06. The lowest BCUT2D eigenvalue weighted by molar-refractivity contribution is -0.275. The minimum Gasteiger partial charge on any atom is -0.405 e. The molecule has 0 aliphatic rings. The largest absolute Gasteiger partial charge is 0.573 e. The maximum atomic E-state index is 12.6. The van der Waals surface area contributed by atoms with Gasteiger partial charge in [0.15, 0.2) is 0 Å². The monoisotopic (exact) mass is 258 g/mol. The summed E-state index contributed by atoms with van der Waals surface area (Å²) in [4.78, 5) is 0.0664. The number of ether oxygens (including phenoxy) is 1. The summed E-state index contributed by atoms with van der Waals surface area (Å²) >= 11 is 0.937. The van der Waals surface area contributed by atoms with Crippen molar-refractivity contribution in [2.45, 2.75) is 17.7 Å². The van der Waals surface area contributed by atoms with E-state index < -0.39 is 24.1 Å². The molecule has 0 bridgehead atoms. The molecule has 0 aliphatic carbocycles. The van der Waals surface area contributed by atoms with E-state index in [9.17, 15) is 22.0 Å². The number of halogens is 5. The molecule has 0 saturated heterocycles. The Kier molecular flexibility index (Phi) is 4.01. The number of hydrogen-bond donors (Lipinski definition) is 0. The van der Waals surface area contributed by atoms with Gasteiger partial charge in [-0.1, -0.05) is 6.07 Å². The zero-order chi connectivity index (χ0) is 12.3. The molecule has 0 fully saturated rings. The predicted molar refractivity (Wildman–Crippen MR) is 49.9 cm³/mol. The first-order chi connectivity index (χ1) is 7.35. The van der Waals surface area contributed by atoms with Crippen molar-refractivity contribution in [3.05, 3.63) is 23.8 Å². The van der Waals surface area contributed by atoms with Crippen molar-refractivity contribution < 1.29 is 26.7 Å². The highest BCUT2D eigenvalue weighted by atomic mass is 32.2. The molecule has 1 aromatic carbocycles. The van der Waals surface area contributed by atoms with Gasteiger partial charge in [-0.2, -0.15) is 0 Å². The van der Waals surface area contributed by atoms with Crippen LogP contribution in [0.25, 0.3) is 0 Å². The van der Waals surface area contributed by atoms with Gasteiger partial charge in [-0.25, -0.2) is 8.78 Å². The van der Waals surface area contributed by atoms with Gasteiger partial charge < -0.3 is 4.74 Å². The average molecular weight is 258 g/mol. The van der Waals surface area contributed by atoms with E-state index in [1.165, 1.54) is 18.4 Å². The number of benzene rings is 1. The SMILES string of the molecule is CSc1cccc(OC(F)(F)F)c1C(F)F. The fraction of sp³-hybridized carbons (Fsp3) is 0.333. The summed E-state index contributed by atoms with van der Waals surface area (Å²) in [6.45, 7) is 0. The Morgan fingerprint density at radius 1 is 1.25 bits per heavy atom. The maximum absolute atomic E-state index is 12.6. The Labute approximate surface area is 92.6 Å². The van der Waals surface area contributed by atoms with Crippen molar-refractivity contribution >= 4 is 11.8 Å². The van der Waals surface area contributed by atoms with E-state index in [0.717, 1.165) is 17.8 Å². The molecule has 0 radical (unpaired) electrons. The van der Waals surface area contributed by atoms with Gasteiger partial charge in [-0.3, -0.25) is 0 Å². The van der Waals surface area contributed by atoms with Gasteiger partial charge in [0, 0.05) is 4.90 Å². The Hall–Kier alpha value is -0.980. The van der Waals surface area contributed by atoms with Crippen molar-refractivity contribution in [1.29, 1.82) is 0 Å². The number of alkyl halides is 5. The third kappa shape index (κ3) is 3.26. The summed E-state index contributed by atoms with van der Waals surface area (Å²) in [7, 11) is 0. The van der Waals surface area contributed by atoms with Crippen molar-refractivity contribution in [3.63, 3.8) is 0 Å². The molecule has 0 amide bonds. The molecule has 1 nitrogen and oxygen atoms in total. The number of thioether (sulfide) groups is 1. The fourth-order valence-corrected chi connectivity index (χ4v) is 1.75. The zero-order valence-electron chi connectivity index (χ0n) is 8.02. The van der Waals surface area contributed by atoms with E-state index in [2.05, 4.69) is 4.74 Å². The molecule has 7 heteroatoms. The normalized spacial score (nSPS) is 11.9. The number of rotatable bonds is 3. The van der Waals surface area contributed by atoms with E-state index in [0.29, 0.717) is 0 Å². The average Bonchev–Trinajstić information content (AvgIpc) is 2.14. The van der Waals surface area contributed by atoms with Crippen LogP contribution in [0.1, 0.15) is 12.0 Å². The van der Waals surface area contributed by atoms with Crippen LogP contribution in [-0.4, -0.2) is 12.6 Å². The van der Waals surface area contributed by atoms with Crippen LogP contribution in [0.2, 0.25) is 0 Å². The molecule has 1 rings (SSSR count). The molecule has 90 valence electrons. The minimum absolute atomic E-state index is 0.0664. The molecule has 0 unspecified atom stereocenters. The summed E-state index contributed by atoms with van der Waals surface area (Å²) < 4.78 is 64.6. The molecular weight excluding hydrogens is 251 g/mol. The quantitative estimate of drug-likeness (QED) is 0.592. The summed E-state index contributed by atoms with van der Waals surface area (Å²) in [6.07, 6.45) is -6.49. The van der Waals surface area contributed by atoms with Gasteiger partial charge in [-0.15, -0.1) is 24.9 Å². The van der Waals surface area contributed by atoms with Gasteiger partial charge in [0.2, 0.25) is 0 Å². The Balaban J connectivity index is 3.17. The topological polar surface area (TPSA) is 9.23 Å². The third-order valence-electron chi connectivity index (χ3n) is 1.69. The van der Waals surface area contributed by atoms with Crippen LogP contribution in [0.4, 0.5) is 22.0 Å². The van der Waals surface area contributed by atoms with Crippen molar-refractivity contribution in [2.75, 3.05) is 6.26 Å². The first-order valence-corrected chi connectivity index (χ1v) is 5.28. The molecule has 0 saturated carbocycles. The lowest BCUT2D eigenvalue weighted by Gasteiger charge is -2.14. The van der Waals surface area contributed by atoms with Crippen molar-refractivity contribution in [3.8, 4) is 5.75 Å². The van der Waals surface area contributed by atoms with Crippen LogP contribution < -0.4 is 4.74 Å². The second-order valence-corrected chi connectivity index (χ2v) is 3.57. The van der Waals surface area contributed by atoms with E-state index in [1.54, 1.807) is 0 Å². The van der Waals surface area contributed by atoms with Crippen LogP contribution >= 0.6 is 11.8 Å². The molecule has 0 heterocycles. The lowest BCUT2D eigenvalue weighted by atomic mass is 10.2. The maximum Gasteiger partial charge on any atom is 0.573 e. The van der Waals surface area contributed by atoms with Gasteiger partial charge >= 0.3 is 6.36 Å². The smallest absolute Gasteiger partial charge is 0.405 e. The molecule has 16 heavy (non-hydrogen) atoms. The van der Waals surface area contributed by atoms with Crippen LogP contribution in [0.15, 0.2) is 23.1 Å². The third-order valence-corrected chi connectivity index (χ3v) is 2.49. The van der Waals surface area contributed by atoms with Gasteiger partial charge in [0.1, 0.15) is 5.75 Å². The van der Waals surface area contributed by atoms with Crippen LogP contribution in [0.5, 0.6) is 5.75 Å². The van der Waals surface area contributed by atoms with Crippen molar-refractivity contribution in [2.24, 2.45) is 0 Å². The highest BCUT2D eigenvalue weighted by Gasteiger charge is 2.33.